The van der Waals surface area contributed by atoms with Crippen LogP contribution in [0.3, 0.4) is 0 Å². The highest BCUT2D eigenvalue weighted by Gasteiger charge is 2.17. The Morgan fingerprint density at radius 3 is 2.81 bits per heavy atom. The summed E-state index contributed by atoms with van der Waals surface area (Å²) < 4.78 is 5.81. The maximum atomic E-state index is 5.94. The average molecular weight is 241 g/mol. The minimum absolute atomic E-state index is 0.320. The molecule has 1 aliphatic carbocycles. The van der Waals surface area contributed by atoms with Gasteiger partial charge in [-0.25, -0.2) is 4.98 Å². The van der Waals surface area contributed by atoms with E-state index < -0.39 is 0 Å². The van der Waals surface area contributed by atoms with Crippen molar-refractivity contribution in [3.63, 3.8) is 0 Å². The molecule has 1 heterocycles. The zero-order valence-electron chi connectivity index (χ0n) is 9.58. The van der Waals surface area contributed by atoms with E-state index in [-0.39, 0.29) is 0 Å². The molecule has 3 nitrogen and oxygen atoms in total. The highest BCUT2D eigenvalue weighted by Crippen LogP contribution is 2.24. The van der Waals surface area contributed by atoms with Gasteiger partial charge in [0.2, 0.25) is 5.88 Å². The molecule has 4 heteroatoms. The second-order valence-electron chi connectivity index (χ2n) is 4.22. The van der Waals surface area contributed by atoms with E-state index in [0.717, 1.165) is 31.5 Å². The molecule has 0 spiro atoms. The molecule has 0 aromatic carbocycles. The maximum absolute atomic E-state index is 5.94. The fraction of sp³-hybridized carbons (Fsp3) is 0.667. The lowest BCUT2D eigenvalue weighted by Crippen LogP contribution is -2.12. The van der Waals surface area contributed by atoms with Crippen molar-refractivity contribution in [3.05, 3.63) is 17.0 Å². The smallest absolute Gasteiger partial charge is 0.218 e. The van der Waals surface area contributed by atoms with Crippen LogP contribution in [0.25, 0.3) is 0 Å². The van der Waals surface area contributed by atoms with Crippen LogP contribution in [0, 0.1) is 0 Å². The number of nitrogens with zero attached hydrogens (tertiary/aromatic N) is 2. The van der Waals surface area contributed by atoms with Gasteiger partial charge in [-0.15, -0.1) is 0 Å². The Bertz CT molecular complexity index is 351. The second-order valence-corrected chi connectivity index (χ2v) is 4.61. The summed E-state index contributed by atoms with van der Waals surface area (Å²) in [5.74, 6) is 1.42. The lowest BCUT2D eigenvalue weighted by molar-refractivity contribution is 0.200. The van der Waals surface area contributed by atoms with Gasteiger partial charge in [-0.05, 0) is 32.1 Å². The van der Waals surface area contributed by atoms with Crippen molar-refractivity contribution in [2.45, 2.75) is 51.6 Å². The zero-order valence-corrected chi connectivity index (χ0v) is 10.3. The number of ether oxygens (including phenoxy) is 1. The summed E-state index contributed by atoms with van der Waals surface area (Å²) >= 11 is 5.94. The zero-order chi connectivity index (χ0) is 11.4. The average Bonchev–Trinajstić information content (AvgIpc) is 2.70. The standard InChI is InChI=1S/C12H17ClN2O/c1-2-5-11-14-10(13)8-12(15-11)16-9-6-3-4-7-9/h8-9H,2-7H2,1H3. The van der Waals surface area contributed by atoms with Crippen LogP contribution in [-0.4, -0.2) is 16.1 Å². The van der Waals surface area contributed by atoms with E-state index >= 15 is 0 Å². The summed E-state index contributed by atoms with van der Waals surface area (Å²) in [4.78, 5) is 8.54. The Morgan fingerprint density at radius 2 is 2.12 bits per heavy atom. The topological polar surface area (TPSA) is 35.0 Å². The maximum Gasteiger partial charge on any atom is 0.218 e. The summed E-state index contributed by atoms with van der Waals surface area (Å²) in [7, 11) is 0. The first-order valence-electron chi connectivity index (χ1n) is 5.98. The molecular weight excluding hydrogens is 224 g/mol. The van der Waals surface area contributed by atoms with Gasteiger partial charge >= 0.3 is 0 Å². The molecule has 0 saturated heterocycles. The van der Waals surface area contributed by atoms with Gasteiger partial charge in [-0.2, -0.15) is 4.98 Å². The van der Waals surface area contributed by atoms with Crippen LogP contribution in [0.4, 0.5) is 0 Å². The first kappa shape index (κ1) is 11.6. The van der Waals surface area contributed by atoms with E-state index in [2.05, 4.69) is 16.9 Å². The summed E-state index contributed by atoms with van der Waals surface area (Å²) in [6, 6.07) is 1.71. The van der Waals surface area contributed by atoms with Crippen LogP contribution in [-0.2, 0) is 6.42 Å². The van der Waals surface area contributed by atoms with E-state index in [0.29, 0.717) is 17.1 Å². The van der Waals surface area contributed by atoms with Crippen LogP contribution in [0.1, 0.15) is 44.9 Å². The monoisotopic (exact) mass is 240 g/mol. The number of aromatic nitrogens is 2. The number of hydrogen-bond donors (Lipinski definition) is 0. The molecule has 1 saturated carbocycles. The van der Waals surface area contributed by atoms with Crippen molar-refractivity contribution in [1.82, 2.24) is 9.97 Å². The highest BCUT2D eigenvalue weighted by atomic mass is 35.5. The van der Waals surface area contributed by atoms with Crippen LogP contribution in [0.15, 0.2) is 6.07 Å². The predicted molar refractivity (Wildman–Crippen MR) is 63.9 cm³/mol. The Morgan fingerprint density at radius 1 is 1.38 bits per heavy atom. The van der Waals surface area contributed by atoms with Gasteiger partial charge in [0.1, 0.15) is 17.1 Å². The quantitative estimate of drug-likeness (QED) is 0.757. The fourth-order valence-corrected chi connectivity index (χ4v) is 2.21. The van der Waals surface area contributed by atoms with Crippen molar-refractivity contribution in [2.75, 3.05) is 0 Å². The molecule has 0 amide bonds. The second kappa shape index (κ2) is 5.48. The summed E-state index contributed by atoms with van der Waals surface area (Å²) in [6.45, 7) is 2.10. The lowest BCUT2D eigenvalue weighted by Gasteiger charge is -2.12. The first-order chi connectivity index (χ1) is 7.78. The van der Waals surface area contributed by atoms with Crippen LogP contribution >= 0.6 is 11.6 Å². The van der Waals surface area contributed by atoms with Crippen molar-refractivity contribution in [3.8, 4) is 5.88 Å². The number of aryl methyl sites for hydroxylation is 1. The molecule has 1 fully saturated rings. The van der Waals surface area contributed by atoms with Crippen molar-refractivity contribution >= 4 is 11.6 Å². The van der Waals surface area contributed by atoms with Gasteiger partial charge in [0, 0.05) is 12.5 Å². The van der Waals surface area contributed by atoms with Gasteiger partial charge in [0.25, 0.3) is 0 Å². The van der Waals surface area contributed by atoms with Gasteiger partial charge in [-0.1, -0.05) is 18.5 Å². The molecule has 0 unspecified atom stereocenters. The molecular formula is C12H17ClN2O. The van der Waals surface area contributed by atoms with E-state index in [1.54, 1.807) is 6.07 Å². The predicted octanol–water partition coefficient (Wildman–Crippen LogP) is 3.40. The van der Waals surface area contributed by atoms with E-state index in [1.807, 2.05) is 0 Å². The normalized spacial score (nSPS) is 16.6. The van der Waals surface area contributed by atoms with Crippen molar-refractivity contribution in [1.29, 1.82) is 0 Å². The third-order valence-corrected chi connectivity index (χ3v) is 2.97. The molecule has 2 rings (SSSR count). The molecule has 0 atom stereocenters. The largest absolute Gasteiger partial charge is 0.474 e. The van der Waals surface area contributed by atoms with Gasteiger partial charge in [-0.3, -0.25) is 0 Å². The molecule has 88 valence electrons. The van der Waals surface area contributed by atoms with Crippen LogP contribution < -0.4 is 4.74 Å². The van der Waals surface area contributed by atoms with Crippen molar-refractivity contribution in [2.24, 2.45) is 0 Å². The Balaban J connectivity index is 2.06. The number of rotatable bonds is 4. The van der Waals surface area contributed by atoms with Crippen LogP contribution in [0.5, 0.6) is 5.88 Å². The SMILES string of the molecule is CCCc1nc(Cl)cc(OC2CCCC2)n1. The number of halogens is 1. The molecule has 0 bridgehead atoms. The lowest BCUT2D eigenvalue weighted by atomic mass is 10.3. The molecule has 16 heavy (non-hydrogen) atoms. The fourth-order valence-electron chi connectivity index (χ4n) is 2.01. The molecule has 1 aromatic rings. The summed E-state index contributed by atoms with van der Waals surface area (Å²) in [6.07, 6.45) is 6.96. The minimum Gasteiger partial charge on any atom is -0.474 e. The number of hydrogen-bond acceptors (Lipinski definition) is 3. The Hall–Kier alpha value is -0.830. The molecule has 1 aliphatic rings. The molecule has 0 N–H and O–H groups in total. The third kappa shape index (κ3) is 3.08. The first-order valence-corrected chi connectivity index (χ1v) is 6.36. The molecule has 0 radical (unpaired) electrons. The Labute approximate surface area is 101 Å². The van der Waals surface area contributed by atoms with Gasteiger partial charge < -0.3 is 4.74 Å². The summed E-state index contributed by atoms with van der Waals surface area (Å²) in [5.41, 5.74) is 0. The highest BCUT2D eigenvalue weighted by molar-refractivity contribution is 6.29. The Kier molecular flexibility index (Phi) is 3.99. The van der Waals surface area contributed by atoms with E-state index in [1.165, 1.54) is 12.8 Å². The van der Waals surface area contributed by atoms with Gasteiger partial charge in [0.05, 0.1) is 0 Å². The molecule has 0 aliphatic heterocycles. The summed E-state index contributed by atoms with van der Waals surface area (Å²) in [5, 5.41) is 0.478. The van der Waals surface area contributed by atoms with E-state index in [9.17, 15) is 0 Å². The van der Waals surface area contributed by atoms with Crippen LogP contribution in [0.2, 0.25) is 5.15 Å². The minimum atomic E-state index is 0.320. The van der Waals surface area contributed by atoms with Crippen molar-refractivity contribution < 1.29 is 4.74 Å². The van der Waals surface area contributed by atoms with Gasteiger partial charge in [0.15, 0.2) is 0 Å². The molecule has 1 aromatic heterocycles. The van der Waals surface area contributed by atoms with E-state index in [4.69, 9.17) is 16.3 Å². The third-order valence-electron chi connectivity index (χ3n) is 2.78.